The third-order valence-corrected chi connectivity index (χ3v) is 4.64. The SMILES string of the molecule is FC(F)Oc1ccc(-c2nnc(SCc3nc(-c4cccc(Cl)c4)no3)o2)cc1. The minimum Gasteiger partial charge on any atom is -0.435 e. The molecule has 0 saturated carbocycles. The van der Waals surface area contributed by atoms with Gasteiger partial charge in [-0.05, 0) is 36.4 Å². The molecule has 11 heteroatoms. The van der Waals surface area contributed by atoms with Crippen LogP contribution in [-0.4, -0.2) is 26.9 Å². The first-order chi connectivity index (χ1) is 14.1. The Morgan fingerprint density at radius 3 is 2.66 bits per heavy atom. The Bertz CT molecular complexity index is 1100. The average Bonchev–Trinajstić information content (AvgIpc) is 3.36. The number of benzene rings is 2. The molecule has 0 fully saturated rings. The van der Waals surface area contributed by atoms with Gasteiger partial charge in [-0.3, -0.25) is 0 Å². The largest absolute Gasteiger partial charge is 0.435 e. The highest BCUT2D eigenvalue weighted by Gasteiger charge is 2.14. The Labute approximate surface area is 172 Å². The van der Waals surface area contributed by atoms with Crippen molar-refractivity contribution in [3.8, 4) is 28.6 Å². The standard InChI is InChI=1S/C18H11ClF2N4O3S/c19-12-3-1-2-11(8-12)15-22-14(28-25-15)9-29-18-24-23-16(27-18)10-4-6-13(7-5-10)26-17(20)21/h1-8,17H,9H2. The molecule has 0 aliphatic heterocycles. The minimum absolute atomic E-state index is 0.0461. The summed E-state index contributed by atoms with van der Waals surface area (Å²) < 4.78 is 39.5. The minimum atomic E-state index is -2.88. The number of hydrogen-bond donors (Lipinski definition) is 0. The number of thioether (sulfide) groups is 1. The zero-order chi connectivity index (χ0) is 20.2. The number of rotatable bonds is 7. The van der Waals surface area contributed by atoms with Crippen LogP contribution in [0, 0.1) is 0 Å². The van der Waals surface area contributed by atoms with E-state index in [1.54, 1.807) is 30.3 Å². The van der Waals surface area contributed by atoms with E-state index in [0.29, 0.717) is 33.3 Å². The number of halogens is 3. The van der Waals surface area contributed by atoms with E-state index in [-0.39, 0.29) is 11.6 Å². The fourth-order valence-electron chi connectivity index (χ4n) is 2.35. The van der Waals surface area contributed by atoms with Gasteiger partial charge < -0.3 is 13.7 Å². The maximum Gasteiger partial charge on any atom is 0.387 e. The van der Waals surface area contributed by atoms with Gasteiger partial charge in [-0.1, -0.05) is 40.7 Å². The molecule has 148 valence electrons. The molecule has 7 nitrogen and oxygen atoms in total. The first-order valence-electron chi connectivity index (χ1n) is 8.17. The van der Waals surface area contributed by atoms with Crippen LogP contribution >= 0.6 is 23.4 Å². The first kappa shape index (κ1) is 19.3. The van der Waals surface area contributed by atoms with Gasteiger partial charge >= 0.3 is 6.61 Å². The molecule has 29 heavy (non-hydrogen) atoms. The molecule has 0 bridgehead atoms. The fraction of sp³-hybridized carbons (Fsp3) is 0.111. The van der Waals surface area contributed by atoms with Crippen LogP contribution in [0.15, 0.2) is 62.7 Å². The van der Waals surface area contributed by atoms with E-state index in [4.69, 9.17) is 20.5 Å². The van der Waals surface area contributed by atoms with Crippen molar-refractivity contribution in [1.29, 1.82) is 0 Å². The van der Waals surface area contributed by atoms with Crippen molar-refractivity contribution in [2.75, 3.05) is 0 Å². The van der Waals surface area contributed by atoms with E-state index in [9.17, 15) is 8.78 Å². The highest BCUT2D eigenvalue weighted by atomic mass is 35.5. The molecule has 4 aromatic rings. The number of nitrogens with zero attached hydrogens (tertiary/aromatic N) is 4. The zero-order valence-corrected chi connectivity index (χ0v) is 16.0. The molecule has 0 N–H and O–H groups in total. The van der Waals surface area contributed by atoms with E-state index in [1.165, 1.54) is 23.9 Å². The van der Waals surface area contributed by atoms with Crippen LogP contribution in [0.25, 0.3) is 22.8 Å². The number of hydrogen-bond acceptors (Lipinski definition) is 8. The van der Waals surface area contributed by atoms with Crippen molar-refractivity contribution < 1.29 is 22.5 Å². The topological polar surface area (TPSA) is 87.1 Å². The molecule has 0 spiro atoms. The number of aromatic nitrogens is 4. The van der Waals surface area contributed by atoms with Gasteiger partial charge in [0.15, 0.2) is 0 Å². The lowest BCUT2D eigenvalue weighted by Crippen LogP contribution is -2.01. The van der Waals surface area contributed by atoms with Gasteiger partial charge in [0.25, 0.3) is 5.22 Å². The number of alkyl halides is 2. The molecule has 0 radical (unpaired) electrons. The van der Waals surface area contributed by atoms with Crippen LogP contribution in [0.3, 0.4) is 0 Å². The van der Waals surface area contributed by atoms with Gasteiger partial charge in [0.1, 0.15) is 5.75 Å². The van der Waals surface area contributed by atoms with Crippen LogP contribution in [-0.2, 0) is 5.75 Å². The third kappa shape index (κ3) is 4.90. The molecule has 0 saturated heterocycles. The monoisotopic (exact) mass is 436 g/mol. The first-order valence-corrected chi connectivity index (χ1v) is 9.53. The summed E-state index contributed by atoms with van der Waals surface area (Å²) in [5.41, 5.74) is 1.32. The second-order valence-electron chi connectivity index (χ2n) is 5.59. The maximum atomic E-state index is 12.2. The van der Waals surface area contributed by atoms with Gasteiger partial charge in [0.05, 0.1) is 5.75 Å². The molecule has 2 aromatic heterocycles. The molecule has 2 aromatic carbocycles. The van der Waals surface area contributed by atoms with Crippen LogP contribution in [0.5, 0.6) is 5.75 Å². The fourth-order valence-corrected chi connectivity index (χ4v) is 3.14. The highest BCUT2D eigenvalue weighted by molar-refractivity contribution is 7.98. The molecular weight excluding hydrogens is 426 g/mol. The maximum absolute atomic E-state index is 12.2. The molecule has 4 rings (SSSR count). The second-order valence-corrected chi connectivity index (χ2v) is 6.95. The third-order valence-electron chi connectivity index (χ3n) is 3.60. The predicted octanol–water partition coefficient (Wildman–Crippen LogP) is 5.33. The molecule has 0 atom stereocenters. The Kier molecular flexibility index (Phi) is 5.72. The van der Waals surface area contributed by atoms with Crippen LogP contribution in [0.2, 0.25) is 5.02 Å². The van der Waals surface area contributed by atoms with Gasteiger partial charge in [-0.25, -0.2) is 0 Å². The van der Waals surface area contributed by atoms with Crippen LogP contribution in [0.4, 0.5) is 8.78 Å². The van der Waals surface area contributed by atoms with Gasteiger partial charge in [0.2, 0.25) is 17.6 Å². The van der Waals surface area contributed by atoms with Crippen molar-refractivity contribution in [2.45, 2.75) is 17.6 Å². The van der Waals surface area contributed by atoms with Crippen molar-refractivity contribution in [1.82, 2.24) is 20.3 Å². The van der Waals surface area contributed by atoms with Gasteiger partial charge in [-0.2, -0.15) is 13.8 Å². The summed E-state index contributed by atoms with van der Waals surface area (Å²) in [6, 6.07) is 13.0. The zero-order valence-electron chi connectivity index (χ0n) is 14.5. The summed E-state index contributed by atoms with van der Waals surface area (Å²) in [5, 5.41) is 12.7. The van der Waals surface area contributed by atoms with Gasteiger partial charge in [0, 0.05) is 16.1 Å². The number of ether oxygens (including phenoxy) is 1. The Morgan fingerprint density at radius 1 is 1.07 bits per heavy atom. The molecule has 0 aliphatic carbocycles. The van der Waals surface area contributed by atoms with Gasteiger partial charge in [-0.15, -0.1) is 10.2 Å². The summed E-state index contributed by atoms with van der Waals surface area (Å²) in [7, 11) is 0. The summed E-state index contributed by atoms with van der Waals surface area (Å²) in [6.07, 6.45) is 0. The van der Waals surface area contributed by atoms with Crippen LogP contribution in [0.1, 0.15) is 5.89 Å². The van der Waals surface area contributed by atoms with E-state index in [1.807, 2.05) is 6.07 Å². The predicted molar refractivity (Wildman–Crippen MR) is 101 cm³/mol. The van der Waals surface area contributed by atoms with E-state index in [2.05, 4.69) is 25.1 Å². The summed E-state index contributed by atoms with van der Waals surface area (Å²) in [5.74, 6) is 1.45. The summed E-state index contributed by atoms with van der Waals surface area (Å²) >= 11 is 7.19. The lowest BCUT2D eigenvalue weighted by Gasteiger charge is -2.03. The summed E-state index contributed by atoms with van der Waals surface area (Å²) in [6.45, 7) is -2.88. The normalized spacial score (nSPS) is 11.2. The highest BCUT2D eigenvalue weighted by Crippen LogP contribution is 2.28. The van der Waals surface area contributed by atoms with E-state index in [0.717, 1.165) is 5.56 Å². The quantitative estimate of drug-likeness (QED) is 0.359. The lowest BCUT2D eigenvalue weighted by molar-refractivity contribution is -0.0498. The lowest BCUT2D eigenvalue weighted by atomic mass is 10.2. The molecule has 0 aliphatic rings. The Morgan fingerprint density at radius 2 is 1.90 bits per heavy atom. The summed E-state index contributed by atoms with van der Waals surface area (Å²) in [4.78, 5) is 4.31. The smallest absolute Gasteiger partial charge is 0.387 e. The molecule has 2 heterocycles. The van der Waals surface area contributed by atoms with E-state index >= 15 is 0 Å². The van der Waals surface area contributed by atoms with Crippen molar-refractivity contribution in [3.05, 3.63) is 59.4 Å². The van der Waals surface area contributed by atoms with Crippen molar-refractivity contribution >= 4 is 23.4 Å². The Balaban J connectivity index is 1.39. The van der Waals surface area contributed by atoms with Crippen LogP contribution < -0.4 is 4.74 Å². The van der Waals surface area contributed by atoms with Crippen molar-refractivity contribution in [3.63, 3.8) is 0 Å². The molecule has 0 unspecified atom stereocenters. The average molecular weight is 437 g/mol. The second kappa shape index (κ2) is 8.58. The molecular formula is C18H11ClF2N4O3S. The van der Waals surface area contributed by atoms with Crippen molar-refractivity contribution in [2.24, 2.45) is 0 Å². The molecule has 0 amide bonds. The Hall–Kier alpha value is -2.98. The van der Waals surface area contributed by atoms with E-state index < -0.39 is 6.61 Å².